The summed E-state index contributed by atoms with van der Waals surface area (Å²) in [5, 5.41) is 7.37. The fourth-order valence-electron chi connectivity index (χ4n) is 4.58. The first-order chi connectivity index (χ1) is 17.1. The van der Waals surface area contributed by atoms with Crippen LogP contribution < -0.4 is 14.8 Å². The Morgan fingerprint density at radius 3 is 2.37 bits per heavy atom. The van der Waals surface area contributed by atoms with E-state index < -0.39 is 0 Å². The van der Waals surface area contributed by atoms with Crippen molar-refractivity contribution in [2.24, 2.45) is 5.92 Å². The molecule has 1 aliphatic rings. The Morgan fingerprint density at radius 1 is 1.06 bits per heavy atom. The van der Waals surface area contributed by atoms with Gasteiger partial charge in [0.1, 0.15) is 0 Å². The molecule has 0 unspecified atom stereocenters. The number of carbonyl (C=O) groups excluding carboxylic acids is 1. The van der Waals surface area contributed by atoms with E-state index >= 15 is 0 Å². The van der Waals surface area contributed by atoms with Gasteiger partial charge in [0.05, 0.1) is 20.8 Å². The van der Waals surface area contributed by atoms with Gasteiger partial charge in [-0.25, -0.2) is 0 Å². The molecule has 0 spiro atoms. The van der Waals surface area contributed by atoms with E-state index in [0.29, 0.717) is 29.8 Å². The number of nitrogens with zero attached hydrogens (tertiary/aromatic N) is 3. The second-order valence-corrected chi connectivity index (χ2v) is 8.78. The van der Waals surface area contributed by atoms with Gasteiger partial charge in [0.25, 0.3) is 0 Å². The molecule has 2 heterocycles. The van der Waals surface area contributed by atoms with Gasteiger partial charge in [-0.15, -0.1) is 0 Å². The number of benzene rings is 2. The van der Waals surface area contributed by atoms with Gasteiger partial charge < -0.3 is 19.3 Å². The molecule has 3 aromatic rings. The number of hydrogen-bond acceptors (Lipinski definition) is 7. The van der Waals surface area contributed by atoms with Crippen molar-refractivity contribution in [3.63, 3.8) is 0 Å². The van der Waals surface area contributed by atoms with Crippen molar-refractivity contribution in [1.82, 2.24) is 15.0 Å². The molecular formula is C27H34N4O4. The predicted octanol–water partition coefficient (Wildman–Crippen LogP) is 4.73. The quantitative estimate of drug-likeness (QED) is 0.475. The molecule has 4 rings (SSSR count). The summed E-state index contributed by atoms with van der Waals surface area (Å²) in [6.45, 7) is 6.42. The zero-order chi connectivity index (χ0) is 24.8. The summed E-state index contributed by atoms with van der Waals surface area (Å²) in [6.07, 6.45) is 3.41. The summed E-state index contributed by atoms with van der Waals surface area (Å²) in [4.78, 5) is 19.9. The van der Waals surface area contributed by atoms with Crippen LogP contribution in [0.25, 0.3) is 11.4 Å². The van der Waals surface area contributed by atoms with Crippen LogP contribution in [0, 0.1) is 5.92 Å². The molecule has 0 atom stereocenters. The van der Waals surface area contributed by atoms with Crippen molar-refractivity contribution in [3.8, 4) is 22.9 Å². The van der Waals surface area contributed by atoms with E-state index in [1.165, 1.54) is 11.1 Å². The van der Waals surface area contributed by atoms with Crippen LogP contribution >= 0.6 is 0 Å². The zero-order valence-corrected chi connectivity index (χ0v) is 21.0. The lowest BCUT2D eigenvalue weighted by molar-refractivity contribution is -0.121. The van der Waals surface area contributed by atoms with Gasteiger partial charge >= 0.3 is 0 Å². The van der Waals surface area contributed by atoms with Crippen LogP contribution in [0.5, 0.6) is 11.5 Å². The Hall–Kier alpha value is -3.39. The highest BCUT2D eigenvalue weighted by Crippen LogP contribution is 2.31. The molecule has 1 amide bonds. The SMILES string of the molecule is CCc1cccc(CC)c1NC(=O)C1CCN(Cc2nc(-c3ccc(OC)c(OC)c3)no2)CC1. The number of nitrogens with one attached hydrogen (secondary N) is 1. The first kappa shape index (κ1) is 24.7. The van der Waals surface area contributed by atoms with Gasteiger partial charge in [-0.3, -0.25) is 9.69 Å². The van der Waals surface area contributed by atoms with Crippen molar-refractivity contribution in [2.45, 2.75) is 46.1 Å². The highest BCUT2D eigenvalue weighted by atomic mass is 16.5. The van der Waals surface area contributed by atoms with E-state index in [1.54, 1.807) is 14.2 Å². The molecule has 0 saturated carbocycles. The number of anilines is 1. The number of aromatic nitrogens is 2. The zero-order valence-electron chi connectivity index (χ0n) is 21.0. The van der Waals surface area contributed by atoms with Crippen LogP contribution in [0.1, 0.15) is 43.7 Å². The van der Waals surface area contributed by atoms with E-state index in [9.17, 15) is 4.79 Å². The normalized spacial score (nSPS) is 14.6. The number of aryl methyl sites for hydroxylation is 2. The van der Waals surface area contributed by atoms with E-state index in [1.807, 2.05) is 18.2 Å². The van der Waals surface area contributed by atoms with Crippen molar-refractivity contribution >= 4 is 11.6 Å². The van der Waals surface area contributed by atoms with Crippen molar-refractivity contribution < 1.29 is 18.8 Å². The maximum Gasteiger partial charge on any atom is 0.241 e. The number of likely N-dealkylation sites (tertiary alicyclic amines) is 1. The number of carbonyl (C=O) groups is 1. The summed E-state index contributed by atoms with van der Waals surface area (Å²) < 4.78 is 16.2. The van der Waals surface area contributed by atoms with Crippen molar-refractivity contribution in [2.75, 3.05) is 32.6 Å². The van der Waals surface area contributed by atoms with Crippen molar-refractivity contribution in [3.05, 3.63) is 53.4 Å². The molecule has 0 bridgehead atoms. The first-order valence-corrected chi connectivity index (χ1v) is 12.2. The fraction of sp³-hybridized carbons (Fsp3) is 0.444. The average molecular weight is 479 g/mol. The second kappa shape index (κ2) is 11.4. The number of ether oxygens (including phenoxy) is 2. The van der Waals surface area contributed by atoms with Crippen LogP contribution in [-0.4, -0.2) is 48.3 Å². The maximum atomic E-state index is 13.0. The topological polar surface area (TPSA) is 89.7 Å². The van der Waals surface area contributed by atoms with Gasteiger partial charge in [0, 0.05) is 17.2 Å². The third-order valence-corrected chi connectivity index (χ3v) is 6.67. The molecule has 2 aromatic carbocycles. The molecule has 186 valence electrons. The van der Waals surface area contributed by atoms with E-state index in [0.717, 1.165) is 50.0 Å². The molecule has 0 aliphatic carbocycles. The van der Waals surface area contributed by atoms with Gasteiger partial charge in [-0.05, 0) is 68.1 Å². The minimum atomic E-state index is 0.00544. The van der Waals surface area contributed by atoms with Gasteiger partial charge in [0.15, 0.2) is 11.5 Å². The lowest BCUT2D eigenvalue weighted by Crippen LogP contribution is -2.38. The molecule has 1 aromatic heterocycles. The van der Waals surface area contributed by atoms with Gasteiger partial charge in [-0.2, -0.15) is 4.98 Å². The van der Waals surface area contributed by atoms with Crippen LogP contribution in [-0.2, 0) is 24.2 Å². The minimum absolute atomic E-state index is 0.00544. The summed E-state index contributed by atoms with van der Waals surface area (Å²) in [5.41, 5.74) is 4.18. The largest absolute Gasteiger partial charge is 0.493 e. The fourth-order valence-corrected chi connectivity index (χ4v) is 4.58. The summed E-state index contributed by atoms with van der Waals surface area (Å²) in [6, 6.07) is 11.8. The molecule has 1 fully saturated rings. The molecule has 1 N–H and O–H groups in total. The Labute approximate surface area is 206 Å². The van der Waals surface area contributed by atoms with Crippen LogP contribution in [0.3, 0.4) is 0 Å². The Morgan fingerprint density at radius 2 is 1.74 bits per heavy atom. The number of amides is 1. The molecule has 1 aliphatic heterocycles. The summed E-state index contributed by atoms with van der Waals surface area (Å²) in [7, 11) is 3.20. The number of piperidine rings is 1. The standard InChI is InChI=1S/C27H34N4O4/c1-5-18-8-7-9-19(6-2)25(18)29-27(32)20-12-14-31(15-13-20)17-24-28-26(30-35-24)21-10-11-22(33-3)23(16-21)34-4/h7-11,16,20H,5-6,12-15,17H2,1-4H3,(H,29,32). The molecule has 8 heteroatoms. The third kappa shape index (κ3) is 5.65. The highest BCUT2D eigenvalue weighted by molar-refractivity contribution is 5.94. The summed E-state index contributed by atoms with van der Waals surface area (Å²) in [5.74, 6) is 2.46. The maximum absolute atomic E-state index is 13.0. The molecule has 35 heavy (non-hydrogen) atoms. The lowest BCUT2D eigenvalue weighted by atomic mass is 9.95. The van der Waals surface area contributed by atoms with Crippen LogP contribution in [0.4, 0.5) is 5.69 Å². The predicted molar refractivity (Wildman–Crippen MR) is 135 cm³/mol. The van der Waals surface area contributed by atoms with Crippen molar-refractivity contribution in [1.29, 1.82) is 0 Å². The number of hydrogen-bond donors (Lipinski definition) is 1. The Bertz CT molecular complexity index is 1130. The van der Waals surface area contributed by atoms with E-state index in [-0.39, 0.29) is 11.8 Å². The van der Waals surface area contributed by atoms with Gasteiger partial charge in [-0.1, -0.05) is 37.2 Å². The van der Waals surface area contributed by atoms with Crippen LogP contribution in [0.15, 0.2) is 40.9 Å². The Kier molecular flexibility index (Phi) is 8.02. The Balaban J connectivity index is 1.33. The van der Waals surface area contributed by atoms with Gasteiger partial charge in [0.2, 0.25) is 17.6 Å². The van der Waals surface area contributed by atoms with Crippen LogP contribution in [0.2, 0.25) is 0 Å². The molecule has 8 nitrogen and oxygen atoms in total. The lowest BCUT2D eigenvalue weighted by Gasteiger charge is -2.30. The molecule has 0 radical (unpaired) electrons. The molecule has 1 saturated heterocycles. The average Bonchev–Trinajstić information content (AvgIpc) is 3.37. The minimum Gasteiger partial charge on any atom is -0.493 e. The number of methoxy groups -OCH3 is 2. The van der Waals surface area contributed by atoms with E-state index in [4.69, 9.17) is 14.0 Å². The second-order valence-electron chi connectivity index (χ2n) is 8.78. The summed E-state index contributed by atoms with van der Waals surface area (Å²) >= 11 is 0. The third-order valence-electron chi connectivity index (χ3n) is 6.67. The number of para-hydroxylation sites is 1. The van der Waals surface area contributed by atoms with E-state index in [2.05, 4.69) is 52.4 Å². The molecular weight excluding hydrogens is 444 g/mol. The first-order valence-electron chi connectivity index (χ1n) is 12.2. The monoisotopic (exact) mass is 478 g/mol. The number of rotatable bonds is 9. The smallest absolute Gasteiger partial charge is 0.241 e. The highest BCUT2D eigenvalue weighted by Gasteiger charge is 2.27.